The normalized spacial score (nSPS) is 17.0. The van der Waals surface area contributed by atoms with E-state index in [-0.39, 0.29) is 17.5 Å². The standard InChI is InChI=1S/C17H18N4O2/c18-16(22)14-10-11-21(20-14)15-9-5-4-8-13(15)19-17(23)12-6-2-1-3-7-12/h1-2,4-5,8-12H,3,6-7H2,(H2,18,22)(H,19,23)/t12-/m1/s1. The first-order valence-electron chi connectivity index (χ1n) is 7.56. The van der Waals surface area contributed by atoms with Gasteiger partial charge in [0.05, 0.1) is 11.4 Å². The number of carbonyl (C=O) groups is 2. The van der Waals surface area contributed by atoms with Gasteiger partial charge in [-0.15, -0.1) is 0 Å². The van der Waals surface area contributed by atoms with Crippen molar-refractivity contribution in [2.75, 3.05) is 5.32 Å². The predicted molar refractivity (Wildman–Crippen MR) is 87.2 cm³/mol. The molecule has 0 aliphatic heterocycles. The zero-order valence-corrected chi connectivity index (χ0v) is 12.6. The molecule has 1 aliphatic rings. The summed E-state index contributed by atoms with van der Waals surface area (Å²) in [7, 11) is 0. The van der Waals surface area contributed by atoms with E-state index in [4.69, 9.17) is 5.73 Å². The Morgan fingerprint density at radius 3 is 2.74 bits per heavy atom. The summed E-state index contributed by atoms with van der Waals surface area (Å²) in [5.41, 5.74) is 6.77. The highest BCUT2D eigenvalue weighted by atomic mass is 16.2. The topological polar surface area (TPSA) is 90.0 Å². The number of nitrogens with zero attached hydrogens (tertiary/aromatic N) is 2. The summed E-state index contributed by atoms with van der Waals surface area (Å²) in [6, 6.07) is 8.89. The fraction of sp³-hybridized carbons (Fsp3) is 0.235. The number of anilines is 1. The molecule has 118 valence electrons. The Morgan fingerprint density at radius 2 is 2.04 bits per heavy atom. The fourth-order valence-corrected chi connectivity index (χ4v) is 2.64. The highest BCUT2D eigenvalue weighted by Crippen LogP contribution is 2.23. The molecule has 6 heteroatoms. The van der Waals surface area contributed by atoms with E-state index >= 15 is 0 Å². The molecule has 1 heterocycles. The Balaban J connectivity index is 1.84. The van der Waals surface area contributed by atoms with Crippen LogP contribution in [0.4, 0.5) is 5.69 Å². The first-order chi connectivity index (χ1) is 11.1. The largest absolute Gasteiger partial charge is 0.364 e. The molecule has 0 unspecified atom stereocenters. The van der Waals surface area contributed by atoms with Crippen molar-refractivity contribution in [2.24, 2.45) is 11.7 Å². The van der Waals surface area contributed by atoms with Gasteiger partial charge in [-0.05, 0) is 37.5 Å². The zero-order valence-electron chi connectivity index (χ0n) is 12.6. The molecule has 0 bridgehead atoms. The van der Waals surface area contributed by atoms with Gasteiger partial charge in [-0.3, -0.25) is 9.59 Å². The lowest BCUT2D eigenvalue weighted by Gasteiger charge is -2.18. The van der Waals surface area contributed by atoms with Crippen molar-refractivity contribution in [3.63, 3.8) is 0 Å². The van der Waals surface area contributed by atoms with Gasteiger partial charge >= 0.3 is 0 Å². The third-order valence-electron chi connectivity index (χ3n) is 3.89. The monoisotopic (exact) mass is 310 g/mol. The minimum atomic E-state index is -0.584. The third kappa shape index (κ3) is 3.31. The van der Waals surface area contributed by atoms with Crippen LogP contribution in [0.15, 0.2) is 48.7 Å². The molecule has 0 saturated heterocycles. The number of hydrogen-bond acceptors (Lipinski definition) is 3. The third-order valence-corrected chi connectivity index (χ3v) is 3.89. The van der Waals surface area contributed by atoms with Crippen LogP contribution in [0.3, 0.4) is 0 Å². The Kier molecular flexibility index (Phi) is 4.23. The maximum absolute atomic E-state index is 12.4. The molecular formula is C17H18N4O2. The number of benzene rings is 1. The van der Waals surface area contributed by atoms with Crippen molar-refractivity contribution < 1.29 is 9.59 Å². The first kappa shape index (κ1) is 15.0. The van der Waals surface area contributed by atoms with Gasteiger partial charge in [-0.2, -0.15) is 5.10 Å². The predicted octanol–water partition coefficient (Wildman–Crippen LogP) is 2.27. The molecular weight excluding hydrogens is 292 g/mol. The van der Waals surface area contributed by atoms with Crippen LogP contribution < -0.4 is 11.1 Å². The Morgan fingerprint density at radius 1 is 1.22 bits per heavy atom. The molecule has 1 aromatic carbocycles. The van der Waals surface area contributed by atoms with Crippen molar-refractivity contribution in [1.82, 2.24) is 9.78 Å². The molecule has 0 fully saturated rings. The van der Waals surface area contributed by atoms with Crippen molar-refractivity contribution >= 4 is 17.5 Å². The highest BCUT2D eigenvalue weighted by Gasteiger charge is 2.20. The van der Waals surface area contributed by atoms with Crippen molar-refractivity contribution in [3.8, 4) is 5.69 Å². The molecule has 2 aromatic rings. The lowest BCUT2D eigenvalue weighted by atomic mass is 9.93. The van der Waals surface area contributed by atoms with Crippen LogP contribution in [0.2, 0.25) is 0 Å². The average Bonchev–Trinajstić information content (AvgIpc) is 3.06. The van der Waals surface area contributed by atoms with Gasteiger partial charge in [0.2, 0.25) is 5.91 Å². The second-order valence-corrected chi connectivity index (χ2v) is 5.50. The van der Waals surface area contributed by atoms with Gasteiger partial charge < -0.3 is 11.1 Å². The number of allylic oxidation sites excluding steroid dienone is 2. The molecule has 3 N–H and O–H groups in total. The van der Waals surface area contributed by atoms with Crippen molar-refractivity contribution in [1.29, 1.82) is 0 Å². The number of carbonyl (C=O) groups excluding carboxylic acids is 2. The van der Waals surface area contributed by atoms with Crippen molar-refractivity contribution in [2.45, 2.75) is 19.3 Å². The zero-order chi connectivity index (χ0) is 16.2. The quantitative estimate of drug-likeness (QED) is 0.849. The lowest BCUT2D eigenvalue weighted by molar-refractivity contribution is -0.120. The SMILES string of the molecule is NC(=O)c1ccn(-c2ccccc2NC(=O)[C@@H]2CC=CCC2)n1. The van der Waals surface area contributed by atoms with E-state index in [1.807, 2.05) is 30.3 Å². The Bertz CT molecular complexity index is 763. The van der Waals surface area contributed by atoms with E-state index in [9.17, 15) is 9.59 Å². The molecule has 0 saturated carbocycles. The molecule has 23 heavy (non-hydrogen) atoms. The molecule has 2 amide bonds. The maximum Gasteiger partial charge on any atom is 0.269 e. The molecule has 1 aliphatic carbocycles. The van der Waals surface area contributed by atoms with E-state index in [0.29, 0.717) is 11.4 Å². The molecule has 1 atom stereocenters. The van der Waals surface area contributed by atoms with E-state index in [1.54, 1.807) is 12.3 Å². The number of rotatable bonds is 4. The minimum absolute atomic E-state index is 0.00378. The van der Waals surface area contributed by atoms with Crippen LogP contribution in [0.5, 0.6) is 0 Å². The van der Waals surface area contributed by atoms with Crippen LogP contribution >= 0.6 is 0 Å². The van der Waals surface area contributed by atoms with E-state index < -0.39 is 5.91 Å². The van der Waals surface area contributed by atoms with Crippen molar-refractivity contribution in [3.05, 3.63) is 54.4 Å². The summed E-state index contributed by atoms with van der Waals surface area (Å²) < 4.78 is 1.54. The summed E-state index contributed by atoms with van der Waals surface area (Å²) in [5.74, 6) is -0.588. The number of primary amides is 1. The number of nitrogens with one attached hydrogen (secondary N) is 1. The Hall–Kier alpha value is -2.89. The number of amides is 2. The highest BCUT2D eigenvalue weighted by molar-refractivity contribution is 5.94. The summed E-state index contributed by atoms with van der Waals surface area (Å²) >= 11 is 0. The summed E-state index contributed by atoms with van der Waals surface area (Å²) in [5, 5.41) is 7.11. The molecule has 6 nitrogen and oxygen atoms in total. The van der Waals surface area contributed by atoms with Gasteiger partial charge in [-0.1, -0.05) is 24.3 Å². The van der Waals surface area contributed by atoms with Gasteiger partial charge in [0, 0.05) is 12.1 Å². The minimum Gasteiger partial charge on any atom is -0.364 e. The van der Waals surface area contributed by atoms with Gasteiger partial charge in [-0.25, -0.2) is 4.68 Å². The van der Waals surface area contributed by atoms with Gasteiger partial charge in [0.25, 0.3) is 5.91 Å². The number of aromatic nitrogens is 2. The molecule has 0 spiro atoms. The number of nitrogens with two attached hydrogens (primary N) is 1. The molecule has 1 aromatic heterocycles. The average molecular weight is 310 g/mol. The second kappa shape index (κ2) is 6.48. The van der Waals surface area contributed by atoms with Gasteiger partial charge in [0.1, 0.15) is 5.69 Å². The smallest absolute Gasteiger partial charge is 0.269 e. The molecule has 3 rings (SSSR count). The summed E-state index contributed by atoms with van der Waals surface area (Å²) in [4.78, 5) is 23.6. The van der Waals surface area contributed by atoms with Crippen LogP contribution in [0.25, 0.3) is 5.69 Å². The van der Waals surface area contributed by atoms with E-state index in [0.717, 1.165) is 19.3 Å². The summed E-state index contributed by atoms with van der Waals surface area (Å²) in [6.45, 7) is 0. The lowest BCUT2D eigenvalue weighted by Crippen LogP contribution is -2.24. The summed E-state index contributed by atoms with van der Waals surface area (Å²) in [6.07, 6.45) is 8.36. The first-order valence-corrected chi connectivity index (χ1v) is 7.56. The van der Waals surface area contributed by atoms with Crippen LogP contribution in [0, 0.1) is 5.92 Å². The number of para-hydroxylation sites is 2. The van der Waals surface area contributed by atoms with E-state index in [2.05, 4.69) is 16.5 Å². The fourth-order valence-electron chi connectivity index (χ4n) is 2.64. The maximum atomic E-state index is 12.4. The van der Waals surface area contributed by atoms with Gasteiger partial charge in [0.15, 0.2) is 0 Å². The molecule has 0 radical (unpaired) electrons. The second-order valence-electron chi connectivity index (χ2n) is 5.50. The van der Waals surface area contributed by atoms with E-state index in [1.165, 1.54) is 4.68 Å². The van der Waals surface area contributed by atoms with Crippen LogP contribution in [-0.2, 0) is 4.79 Å². The Labute approximate surface area is 134 Å². The van der Waals surface area contributed by atoms with Crippen LogP contribution in [-0.4, -0.2) is 21.6 Å². The van der Waals surface area contributed by atoms with Crippen LogP contribution in [0.1, 0.15) is 29.8 Å². The number of hydrogen-bond donors (Lipinski definition) is 2.